The minimum Gasteiger partial charge on any atom is -0.0616 e. The molecule has 13 rings (SSSR count). The molecule has 9 aromatic rings. The molecule has 0 bridgehead atoms. The standard InChI is InChI=1S/C90H100/c1-83(2,3)55-37-51(38-56(45-55)84(4,5)6)75-63-29-25-26-30-64(63)76(52-39-57(85(7,8)9)46-58(40-52)86(10,11)12)74-50-72-68-34-36-70-80-69(35-33-67(79(68)80)71(72)49-73(74)75)81-77(53-41-59(87(13,14)15)47-60(42-53)88(16,17)18)65-31-27-28-32-66(65)78(82(70)81)54-43-61(89(19,20)21)48-62(44-54)90(22,23)24/h25-50,79-80H,1-24H3. The molecule has 0 saturated heterocycles. The van der Waals surface area contributed by atoms with E-state index in [1.165, 1.54) is 166 Å². The van der Waals surface area contributed by atoms with Crippen LogP contribution in [0.1, 0.15) is 233 Å². The van der Waals surface area contributed by atoms with Gasteiger partial charge in [0.05, 0.1) is 0 Å². The maximum Gasteiger partial charge on any atom is 0.0212 e. The van der Waals surface area contributed by atoms with Gasteiger partial charge in [0.2, 0.25) is 0 Å². The topological polar surface area (TPSA) is 0 Å². The SMILES string of the molecule is CC(C)(C)c1cc(-c2c3c(c(-c4cc(C(C)(C)C)cc(C(C)(C)C)c4)c4ccccc24)C2=CC=C4c5cc6c(-c7cc(C(C)(C)C)cc(C(C)(C)C)c7)c7ccccc7c(-c7cc(C(C)(C)C)cc(C(C)(C)C)c7)c6cc5C5=CC=C3C2C54)cc(C(C)(C)C)c1. The number of rotatable bonds is 4. The summed E-state index contributed by atoms with van der Waals surface area (Å²) in [4.78, 5) is 0. The first-order chi connectivity index (χ1) is 41.7. The van der Waals surface area contributed by atoms with Gasteiger partial charge in [-0.25, -0.2) is 0 Å². The van der Waals surface area contributed by atoms with Gasteiger partial charge in [-0.2, -0.15) is 0 Å². The van der Waals surface area contributed by atoms with E-state index >= 15 is 0 Å². The minimum atomic E-state index is -0.0535. The van der Waals surface area contributed by atoms with Crippen molar-refractivity contribution in [2.45, 2.75) is 209 Å². The predicted molar refractivity (Wildman–Crippen MR) is 396 cm³/mol. The van der Waals surface area contributed by atoms with E-state index in [2.05, 4.69) is 324 Å². The summed E-state index contributed by atoms with van der Waals surface area (Å²) in [6, 6.07) is 54.5. The molecular weight excluding hydrogens is 1080 g/mol. The Morgan fingerprint density at radius 2 is 0.400 bits per heavy atom. The molecule has 0 nitrogen and oxygen atoms in total. The van der Waals surface area contributed by atoms with Crippen LogP contribution in [0, 0.1) is 11.8 Å². The molecule has 0 saturated carbocycles. The van der Waals surface area contributed by atoms with Crippen LogP contribution < -0.4 is 0 Å². The Balaban J connectivity index is 1.16. The number of fused-ring (bicyclic) bond motifs is 9. The summed E-state index contributed by atoms with van der Waals surface area (Å²) in [6.45, 7) is 57.2. The summed E-state index contributed by atoms with van der Waals surface area (Å²) in [6.07, 6.45) is 10.3. The molecule has 0 atom stereocenters. The van der Waals surface area contributed by atoms with Crippen molar-refractivity contribution in [3.63, 3.8) is 0 Å². The van der Waals surface area contributed by atoms with E-state index in [-0.39, 0.29) is 55.2 Å². The third kappa shape index (κ3) is 10.2. The van der Waals surface area contributed by atoms with E-state index in [0.717, 1.165) is 0 Å². The summed E-state index contributed by atoms with van der Waals surface area (Å²) in [5, 5.41) is 7.89. The molecule has 0 heterocycles. The first-order valence-electron chi connectivity index (χ1n) is 33.8. The van der Waals surface area contributed by atoms with E-state index in [1.54, 1.807) is 0 Å². The summed E-state index contributed by atoms with van der Waals surface area (Å²) < 4.78 is 0. The molecule has 460 valence electrons. The van der Waals surface area contributed by atoms with Crippen LogP contribution in [0.5, 0.6) is 0 Å². The van der Waals surface area contributed by atoms with Crippen molar-refractivity contribution in [1.82, 2.24) is 0 Å². The van der Waals surface area contributed by atoms with Crippen LogP contribution in [-0.2, 0) is 43.3 Å². The Morgan fingerprint density at radius 1 is 0.200 bits per heavy atom. The van der Waals surface area contributed by atoms with Gasteiger partial charge in [0.25, 0.3) is 0 Å². The van der Waals surface area contributed by atoms with Gasteiger partial charge in [-0.05, 0) is 221 Å². The van der Waals surface area contributed by atoms with Gasteiger partial charge in [-0.3, -0.25) is 0 Å². The molecule has 4 aliphatic rings. The van der Waals surface area contributed by atoms with Crippen molar-refractivity contribution in [2.24, 2.45) is 11.8 Å². The highest BCUT2D eigenvalue weighted by Crippen LogP contribution is 2.67. The van der Waals surface area contributed by atoms with E-state index in [1.807, 2.05) is 0 Å². The van der Waals surface area contributed by atoms with Crippen molar-refractivity contribution < 1.29 is 0 Å². The third-order valence-corrected chi connectivity index (χ3v) is 21.0. The monoisotopic (exact) mass is 1180 g/mol. The average Bonchev–Trinajstić information content (AvgIpc) is 1.49. The summed E-state index contributed by atoms with van der Waals surface area (Å²) in [7, 11) is 0. The van der Waals surface area contributed by atoms with Crippen molar-refractivity contribution in [1.29, 1.82) is 0 Å². The number of hydrogen-bond donors (Lipinski definition) is 0. The fraction of sp³-hybridized carbons (Fsp3) is 0.378. The molecular formula is C90H100. The lowest BCUT2D eigenvalue weighted by Crippen LogP contribution is -2.18. The maximum absolute atomic E-state index is 2.67. The van der Waals surface area contributed by atoms with Crippen LogP contribution in [0.25, 0.3) is 99.1 Å². The van der Waals surface area contributed by atoms with Crippen LogP contribution in [-0.4, -0.2) is 0 Å². The molecule has 90 heavy (non-hydrogen) atoms. The molecule has 0 N–H and O–H groups in total. The predicted octanol–water partition coefficient (Wildman–Crippen LogP) is 25.7. The Kier molecular flexibility index (Phi) is 13.8. The molecule has 0 aliphatic heterocycles. The first kappa shape index (κ1) is 61.6. The molecule has 0 heteroatoms. The van der Waals surface area contributed by atoms with Gasteiger partial charge in [-0.1, -0.05) is 312 Å². The Bertz CT molecular complexity index is 4250. The zero-order valence-electron chi connectivity index (χ0n) is 59.2. The second-order valence-corrected chi connectivity index (χ2v) is 35.9. The average molecular weight is 1180 g/mol. The molecule has 9 aromatic carbocycles. The van der Waals surface area contributed by atoms with Crippen LogP contribution in [0.15, 0.2) is 158 Å². The van der Waals surface area contributed by atoms with E-state index < -0.39 is 0 Å². The minimum absolute atomic E-state index is 0.0532. The van der Waals surface area contributed by atoms with E-state index in [9.17, 15) is 0 Å². The Morgan fingerprint density at radius 3 is 0.633 bits per heavy atom. The highest BCUT2D eigenvalue weighted by atomic mass is 14.5. The van der Waals surface area contributed by atoms with Gasteiger partial charge in [-0.15, -0.1) is 0 Å². The van der Waals surface area contributed by atoms with Gasteiger partial charge < -0.3 is 0 Å². The second-order valence-electron chi connectivity index (χ2n) is 35.9. The Labute approximate surface area is 541 Å². The lowest BCUT2D eigenvalue weighted by Gasteiger charge is -2.31. The maximum atomic E-state index is 2.67. The van der Waals surface area contributed by atoms with Crippen molar-refractivity contribution in [3.05, 3.63) is 225 Å². The summed E-state index contributed by atoms with van der Waals surface area (Å²) in [5.41, 5.74) is 32.5. The van der Waals surface area contributed by atoms with Gasteiger partial charge in [0, 0.05) is 11.8 Å². The zero-order valence-corrected chi connectivity index (χ0v) is 59.2. The fourth-order valence-corrected chi connectivity index (χ4v) is 15.3. The second kappa shape index (κ2) is 20.1. The van der Waals surface area contributed by atoms with Gasteiger partial charge in [0.15, 0.2) is 0 Å². The lowest BCUT2D eigenvalue weighted by atomic mass is 9.71. The fourth-order valence-electron chi connectivity index (χ4n) is 15.3. The highest BCUT2D eigenvalue weighted by molar-refractivity contribution is 6.25. The molecule has 0 fully saturated rings. The summed E-state index contributed by atoms with van der Waals surface area (Å²) >= 11 is 0. The number of allylic oxidation sites excluding steroid dienone is 8. The van der Waals surface area contributed by atoms with Crippen molar-refractivity contribution in [2.75, 3.05) is 0 Å². The van der Waals surface area contributed by atoms with Crippen molar-refractivity contribution in [3.8, 4) is 44.5 Å². The van der Waals surface area contributed by atoms with Crippen LogP contribution in [0.2, 0.25) is 0 Å². The highest BCUT2D eigenvalue weighted by Gasteiger charge is 2.50. The van der Waals surface area contributed by atoms with Gasteiger partial charge in [0.1, 0.15) is 0 Å². The largest absolute Gasteiger partial charge is 0.0616 e. The van der Waals surface area contributed by atoms with E-state index in [4.69, 9.17) is 0 Å². The first-order valence-corrected chi connectivity index (χ1v) is 33.8. The van der Waals surface area contributed by atoms with Gasteiger partial charge >= 0.3 is 0 Å². The third-order valence-electron chi connectivity index (χ3n) is 21.0. The normalized spacial score (nSPS) is 16.9. The molecule has 0 spiro atoms. The van der Waals surface area contributed by atoms with Crippen LogP contribution in [0.4, 0.5) is 0 Å². The van der Waals surface area contributed by atoms with Crippen molar-refractivity contribution >= 4 is 54.6 Å². The lowest BCUT2D eigenvalue weighted by molar-refractivity contribution is 0.568. The number of hydrogen-bond acceptors (Lipinski definition) is 0. The molecule has 0 unspecified atom stereocenters. The van der Waals surface area contributed by atoms with Crippen LogP contribution >= 0.6 is 0 Å². The molecule has 0 radical (unpaired) electrons. The van der Waals surface area contributed by atoms with E-state index in [0.29, 0.717) is 0 Å². The molecule has 0 aromatic heterocycles. The Hall–Kier alpha value is -7.28. The van der Waals surface area contributed by atoms with Crippen LogP contribution in [0.3, 0.4) is 0 Å². The quantitative estimate of drug-likeness (QED) is 0.154. The smallest absolute Gasteiger partial charge is 0.0212 e. The zero-order chi connectivity index (χ0) is 64.9. The number of benzene rings is 9. The molecule has 4 aliphatic carbocycles. The molecule has 0 amide bonds. The summed E-state index contributed by atoms with van der Waals surface area (Å²) in [5.74, 6) is 0.263.